The fourth-order valence-corrected chi connectivity index (χ4v) is 3.63. The van der Waals surface area contributed by atoms with Gasteiger partial charge in [-0.25, -0.2) is 4.79 Å². The number of aromatic amines is 1. The molecule has 1 aromatic heterocycles. The molecule has 1 aliphatic rings. The first-order valence-corrected chi connectivity index (χ1v) is 8.08. The standard InChI is InChI=1S/C19H22N2O3/c1-11-16(19(23)24-4)12(2)20-17(11)18(22)21(3)15-10-9-13-7-5-6-8-14(13)15/h5-8,15,20H,9-10H2,1-4H3/t15-/m0/s1. The Balaban J connectivity index is 1.92. The molecule has 0 bridgehead atoms. The van der Waals surface area contributed by atoms with E-state index >= 15 is 0 Å². The van der Waals surface area contributed by atoms with Crippen molar-refractivity contribution in [3.8, 4) is 0 Å². The van der Waals surface area contributed by atoms with E-state index in [0.29, 0.717) is 22.5 Å². The van der Waals surface area contributed by atoms with Crippen LogP contribution in [-0.4, -0.2) is 35.9 Å². The highest BCUT2D eigenvalue weighted by atomic mass is 16.5. The van der Waals surface area contributed by atoms with Crippen LogP contribution in [0.1, 0.15) is 55.7 Å². The zero-order valence-corrected chi connectivity index (χ0v) is 14.5. The van der Waals surface area contributed by atoms with Crippen molar-refractivity contribution in [1.29, 1.82) is 0 Å². The highest BCUT2D eigenvalue weighted by Gasteiger charge is 2.31. The van der Waals surface area contributed by atoms with Crippen LogP contribution in [0.2, 0.25) is 0 Å². The number of aryl methyl sites for hydroxylation is 2. The molecule has 2 aromatic rings. The molecule has 1 aliphatic carbocycles. The van der Waals surface area contributed by atoms with Gasteiger partial charge < -0.3 is 14.6 Å². The molecule has 5 heteroatoms. The average Bonchev–Trinajstić information content (AvgIpc) is 3.14. The lowest BCUT2D eigenvalue weighted by Crippen LogP contribution is -2.31. The van der Waals surface area contributed by atoms with E-state index in [1.54, 1.807) is 18.7 Å². The van der Waals surface area contributed by atoms with Crippen molar-refractivity contribution < 1.29 is 14.3 Å². The SMILES string of the molecule is COC(=O)c1c(C)[nH]c(C(=O)N(C)[C@H]2CCc3ccccc32)c1C. The Hall–Kier alpha value is -2.56. The van der Waals surface area contributed by atoms with Gasteiger partial charge in [0.05, 0.1) is 18.7 Å². The molecule has 0 fully saturated rings. The van der Waals surface area contributed by atoms with Gasteiger partial charge in [-0.15, -0.1) is 0 Å². The van der Waals surface area contributed by atoms with Crippen LogP contribution in [0.5, 0.6) is 0 Å². The number of hydrogen-bond acceptors (Lipinski definition) is 3. The van der Waals surface area contributed by atoms with Crippen molar-refractivity contribution in [3.05, 3.63) is 57.9 Å². The number of nitrogens with zero attached hydrogens (tertiary/aromatic N) is 1. The summed E-state index contributed by atoms with van der Waals surface area (Å²) in [5.74, 6) is -0.526. The second kappa shape index (κ2) is 6.15. The van der Waals surface area contributed by atoms with Gasteiger partial charge in [0.2, 0.25) is 0 Å². The highest BCUT2D eigenvalue weighted by Crippen LogP contribution is 2.35. The Morgan fingerprint density at radius 2 is 1.96 bits per heavy atom. The molecule has 1 N–H and O–H groups in total. The zero-order valence-electron chi connectivity index (χ0n) is 14.5. The molecule has 0 aliphatic heterocycles. The fourth-order valence-electron chi connectivity index (χ4n) is 3.63. The molecule has 0 saturated heterocycles. The molecule has 5 nitrogen and oxygen atoms in total. The summed E-state index contributed by atoms with van der Waals surface area (Å²) in [5.41, 5.74) is 4.71. The van der Waals surface area contributed by atoms with Gasteiger partial charge in [0.1, 0.15) is 5.69 Å². The largest absolute Gasteiger partial charge is 0.465 e. The number of esters is 1. The molecule has 0 saturated carbocycles. The van der Waals surface area contributed by atoms with Crippen molar-refractivity contribution in [3.63, 3.8) is 0 Å². The maximum absolute atomic E-state index is 13.0. The van der Waals surface area contributed by atoms with Crippen molar-refractivity contribution in [1.82, 2.24) is 9.88 Å². The van der Waals surface area contributed by atoms with Crippen molar-refractivity contribution in [2.24, 2.45) is 0 Å². The number of carbonyl (C=O) groups excluding carboxylic acids is 2. The fraction of sp³-hybridized carbons (Fsp3) is 0.368. The molecule has 3 rings (SSSR count). The number of H-pyrrole nitrogens is 1. The molecule has 0 spiro atoms. The second-order valence-corrected chi connectivity index (χ2v) is 6.29. The first kappa shape index (κ1) is 16.3. The minimum Gasteiger partial charge on any atom is -0.465 e. The van der Waals surface area contributed by atoms with E-state index < -0.39 is 5.97 Å². The summed E-state index contributed by atoms with van der Waals surface area (Å²) in [7, 11) is 3.17. The third-order valence-corrected chi connectivity index (χ3v) is 4.93. The van der Waals surface area contributed by atoms with Gasteiger partial charge in [0, 0.05) is 12.7 Å². The Bertz CT molecular complexity index is 807. The Kier molecular flexibility index (Phi) is 4.18. The number of benzene rings is 1. The molecule has 0 radical (unpaired) electrons. The van der Waals surface area contributed by atoms with E-state index in [4.69, 9.17) is 4.74 Å². The summed E-state index contributed by atoms with van der Waals surface area (Å²) in [6.07, 6.45) is 1.90. The van der Waals surface area contributed by atoms with Crippen LogP contribution < -0.4 is 0 Å². The molecule has 1 heterocycles. The predicted octanol–water partition coefficient (Wildman–Crippen LogP) is 3.18. The molecule has 1 amide bonds. The van der Waals surface area contributed by atoms with Crippen LogP contribution in [0.15, 0.2) is 24.3 Å². The van der Waals surface area contributed by atoms with Gasteiger partial charge in [-0.1, -0.05) is 24.3 Å². The van der Waals surface area contributed by atoms with Gasteiger partial charge in [-0.3, -0.25) is 4.79 Å². The van der Waals surface area contributed by atoms with Crippen molar-refractivity contribution >= 4 is 11.9 Å². The number of ether oxygens (including phenoxy) is 1. The Labute approximate surface area is 141 Å². The molecule has 1 aromatic carbocycles. The monoisotopic (exact) mass is 326 g/mol. The van der Waals surface area contributed by atoms with Crippen LogP contribution in [0.25, 0.3) is 0 Å². The minimum absolute atomic E-state index is 0.0679. The number of nitrogens with one attached hydrogen (secondary N) is 1. The summed E-state index contributed by atoms with van der Waals surface area (Å²) in [4.78, 5) is 29.7. The average molecular weight is 326 g/mol. The summed E-state index contributed by atoms with van der Waals surface area (Å²) >= 11 is 0. The van der Waals surface area contributed by atoms with E-state index in [0.717, 1.165) is 12.8 Å². The molecule has 24 heavy (non-hydrogen) atoms. The topological polar surface area (TPSA) is 62.4 Å². The normalized spacial score (nSPS) is 15.9. The third-order valence-electron chi connectivity index (χ3n) is 4.93. The predicted molar refractivity (Wildman–Crippen MR) is 91.2 cm³/mol. The third kappa shape index (κ3) is 2.50. The Morgan fingerprint density at radius 3 is 2.67 bits per heavy atom. The summed E-state index contributed by atoms with van der Waals surface area (Å²) in [5, 5.41) is 0. The number of amides is 1. The molecule has 126 valence electrons. The van der Waals surface area contributed by atoms with Crippen LogP contribution in [0, 0.1) is 13.8 Å². The maximum atomic E-state index is 13.0. The van der Waals surface area contributed by atoms with E-state index in [1.165, 1.54) is 18.2 Å². The van der Waals surface area contributed by atoms with E-state index in [2.05, 4.69) is 17.1 Å². The molecular weight excluding hydrogens is 304 g/mol. The van der Waals surface area contributed by atoms with Crippen molar-refractivity contribution in [2.75, 3.05) is 14.2 Å². The summed E-state index contributed by atoms with van der Waals surface area (Å²) in [6, 6.07) is 8.31. The van der Waals surface area contributed by atoms with Gasteiger partial charge >= 0.3 is 5.97 Å². The molecular formula is C19H22N2O3. The van der Waals surface area contributed by atoms with Gasteiger partial charge in [-0.2, -0.15) is 0 Å². The minimum atomic E-state index is -0.422. The first-order chi connectivity index (χ1) is 11.5. The number of hydrogen-bond donors (Lipinski definition) is 1. The number of rotatable bonds is 3. The number of carbonyl (C=O) groups is 2. The maximum Gasteiger partial charge on any atom is 0.339 e. The zero-order chi connectivity index (χ0) is 17.4. The first-order valence-electron chi connectivity index (χ1n) is 8.08. The van der Waals surface area contributed by atoms with Crippen LogP contribution in [0.4, 0.5) is 0 Å². The van der Waals surface area contributed by atoms with Gasteiger partial charge in [-0.05, 0) is 43.4 Å². The molecule has 1 atom stereocenters. The van der Waals surface area contributed by atoms with Crippen molar-refractivity contribution in [2.45, 2.75) is 32.7 Å². The summed E-state index contributed by atoms with van der Waals surface area (Å²) in [6.45, 7) is 3.56. The number of aromatic nitrogens is 1. The van der Waals surface area contributed by atoms with Gasteiger partial charge in [0.25, 0.3) is 5.91 Å². The molecule has 0 unspecified atom stereocenters. The van der Waals surface area contributed by atoms with E-state index in [1.807, 2.05) is 19.2 Å². The van der Waals surface area contributed by atoms with E-state index in [9.17, 15) is 9.59 Å². The number of fused-ring (bicyclic) bond motifs is 1. The van der Waals surface area contributed by atoms with Crippen LogP contribution in [-0.2, 0) is 11.2 Å². The summed E-state index contributed by atoms with van der Waals surface area (Å²) < 4.78 is 4.81. The van der Waals surface area contributed by atoms with Crippen LogP contribution in [0.3, 0.4) is 0 Å². The smallest absolute Gasteiger partial charge is 0.339 e. The lowest BCUT2D eigenvalue weighted by Gasteiger charge is -2.25. The quantitative estimate of drug-likeness (QED) is 0.881. The lowest BCUT2D eigenvalue weighted by atomic mass is 10.1. The van der Waals surface area contributed by atoms with Gasteiger partial charge in [0.15, 0.2) is 0 Å². The Morgan fingerprint density at radius 1 is 1.25 bits per heavy atom. The van der Waals surface area contributed by atoms with Crippen LogP contribution >= 0.6 is 0 Å². The lowest BCUT2D eigenvalue weighted by molar-refractivity contribution is 0.0599. The van der Waals surface area contributed by atoms with E-state index in [-0.39, 0.29) is 11.9 Å². The number of methoxy groups -OCH3 is 1. The second-order valence-electron chi connectivity index (χ2n) is 6.29. The highest BCUT2D eigenvalue weighted by molar-refractivity contribution is 6.00.